The third-order valence-electron chi connectivity index (χ3n) is 4.65. The minimum Gasteiger partial charge on any atom is -0.465 e. The number of aryl methyl sites for hydroxylation is 1. The number of methoxy groups -OCH3 is 1. The van der Waals surface area contributed by atoms with Crippen LogP contribution >= 0.6 is 15.9 Å². The summed E-state index contributed by atoms with van der Waals surface area (Å²) in [5.74, 6) is 0.697. The highest BCUT2D eigenvalue weighted by atomic mass is 79.9. The lowest BCUT2D eigenvalue weighted by molar-refractivity contribution is -0.133. The number of carbonyl (C=O) groups is 2. The maximum absolute atomic E-state index is 13.0. The summed E-state index contributed by atoms with van der Waals surface area (Å²) in [6.45, 7) is 2.02. The molecule has 0 aliphatic heterocycles. The fourth-order valence-electron chi connectivity index (χ4n) is 3.14. The van der Waals surface area contributed by atoms with Crippen molar-refractivity contribution in [2.24, 2.45) is 0 Å². The number of furan rings is 1. The number of nitrogens with zero attached hydrogens (tertiary/aromatic N) is 1. The van der Waals surface area contributed by atoms with Gasteiger partial charge >= 0.3 is 5.97 Å². The van der Waals surface area contributed by atoms with Crippen molar-refractivity contribution >= 4 is 27.8 Å². The molecule has 1 saturated carbocycles. The highest BCUT2D eigenvalue weighted by Gasteiger charge is 2.52. The van der Waals surface area contributed by atoms with Crippen molar-refractivity contribution in [3.8, 4) is 0 Å². The minimum absolute atomic E-state index is 0.0688. The Morgan fingerprint density at radius 2 is 2.04 bits per heavy atom. The van der Waals surface area contributed by atoms with Crippen LogP contribution in [0.2, 0.25) is 0 Å². The normalized spacial score (nSPS) is 14.9. The number of hydrogen-bond donors (Lipinski definition) is 0. The van der Waals surface area contributed by atoms with E-state index < -0.39 is 11.4 Å². The number of rotatable bonds is 5. The fourth-order valence-corrected chi connectivity index (χ4v) is 3.54. The van der Waals surface area contributed by atoms with Crippen LogP contribution in [0.15, 0.2) is 39.2 Å². The lowest BCUT2D eigenvalue weighted by Crippen LogP contribution is -2.36. The van der Waals surface area contributed by atoms with Gasteiger partial charge in [0.1, 0.15) is 17.1 Å². The Balaban J connectivity index is 1.76. The van der Waals surface area contributed by atoms with Crippen LogP contribution in [0.5, 0.6) is 0 Å². The Morgan fingerprint density at radius 1 is 1.32 bits per heavy atom. The van der Waals surface area contributed by atoms with Crippen molar-refractivity contribution in [1.29, 1.82) is 0 Å². The van der Waals surface area contributed by atoms with E-state index in [0.29, 0.717) is 23.6 Å². The van der Waals surface area contributed by atoms with Gasteiger partial charge in [0.25, 0.3) is 0 Å². The standard InChI is InChI=1S/C19H20BrNO4/c1-12-16(17(22)24-3)10-15(25-12)11-21(2)18(23)19(7-8-19)13-5-4-6-14(20)9-13/h4-6,9-10H,7-8,11H2,1-3H3. The minimum atomic E-state index is -0.439. The molecule has 0 radical (unpaired) electrons. The van der Waals surface area contributed by atoms with Crippen molar-refractivity contribution in [3.63, 3.8) is 0 Å². The van der Waals surface area contributed by atoms with E-state index in [4.69, 9.17) is 9.15 Å². The first kappa shape index (κ1) is 17.7. The number of likely N-dealkylation sites (N-methyl/N-ethyl adjacent to an activating group) is 1. The average molecular weight is 406 g/mol. The third-order valence-corrected chi connectivity index (χ3v) is 5.14. The molecule has 1 amide bonds. The second-order valence-corrected chi connectivity index (χ2v) is 7.34. The number of ether oxygens (including phenoxy) is 1. The van der Waals surface area contributed by atoms with Gasteiger partial charge in [-0.3, -0.25) is 4.79 Å². The summed E-state index contributed by atoms with van der Waals surface area (Å²) < 4.78 is 11.3. The average Bonchev–Trinajstić information content (AvgIpc) is 3.32. The molecule has 1 aromatic carbocycles. The zero-order chi connectivity index (χ0) is 18.2. The molecule has 0 atom stereocenters. The first-order valence-electron chi connectivity index (χ1n) is 8.06. The first-order chi connectivity index (χ1) is 11.9. The van der Waals surface area contributed by atoms with Gasteiger partial charge < -0.3 is 14.1 Å². The maximum atomic E-state index is 13.0. The highest BCUT2D eigenvalue weighted by Crippen LogP contribution is 2.50. The molecule has 3 rings (SSSR count). The van der Waals surface area contributed by atoms with Crippen LogP contribution in [-0.4, -0.2) is 30.9 Å². The van der Waals surface area contributed by atoms with Gasteiger partial charge in [0, 0.05) is 11.5 Å². The Kier molecular flexibility index (Phi) is 4.73. The maximum Gasteiger partial charge on any atom is 0.341 e. The molecule has 1 aliphatic carbocycles. The molecule has 1 aromatic heterocycles. The van der Waals surface area contributed by atoms with Crippen molar-refractivity contribution in [2.75, 3.05) is 14.2 Å². The third kappa shape index (κ3) is 3.35. The summed E-state index contributed by atoms with van der Waals surface area (Å²) in [4.78, 5) is 26.3. The van der Waals surface area contributed by atoms with Gasteiger partial charge in [0.05, 0.1) is 19.1 Å². The first-order valence-corrected chi connectivity index (χ1v) is 8.86. The predicted octanol–water partition coefficient (Wildman–Crippen LogP) is 3.83. The van der Waals surface area contributed by atoms with E-state index in [2.05, 4.69) is 15.9 Å². The topological polar surface area (TPSA) is 59.8 Å². The number of esters is 1. The molecular formula is C19H20BrNO4. The Bertz CT molecular complexity index is 823. The molecule has 1 fully saturated rings. The second-order valence-electron chi connectivity index (χ2n) is 6.43. The van der Waals surface area contributed by atoms with Gasteiger partial charge in [-0.1, -0.05) is 28.1 Å². The summed E-state index contributed by atoms with van der Waals surface area (Å²) in [7, 11) is 3.09. The highest BCUT2D eigenvalue weighted by molar-refractivity contribution is 9.10. The Morgan fingerprint density at radius 3 is 2.64 bits per heavy atom. The van der Waals surface area contributed by atoms with Crippen molar-refractivity contribution in [3.05, 3.63) is 57.5 Å². The fraction of sp³-hybridized carbons (Fsp3) is 0.368. The van der Waals surface area contributed by atoms with Gasteiger partial charge in [0.2, 0.25) is 5.91 Å². The van der Waals surface area contributed by atoms with Gasteiger partial charge in [0.15, 0.2) is 0 Å². The number of halogens is 1. The van der Waals surface area contributed by atoms with Crippen molar-refractivity contribution < 1.29 is 18.7 Å². The number of carbonyl (C=O) groups excluding carboxylic acids is 2. The summed E-state index contributed by atoms with van der Waals surface area (Å²) >= 11 is 3.47. The van der Waals surface area contributed by atoms with Crippen LogP contribution in [0.25, 0.3) is 0 Å². The van der Waals surface area contributed by atoms with E-state index in [1.54, 1.807) is 24.9 Å². The van der Waals surface area contributed by atoms with Gasteiger partial charge in [-0.2, -0.15) is 0 Å². The molecule has 2 aromatic rings. The molecule has 5 nitrogen and oxygen atoms in total. The van der Waals surface area contributed by atoms with Crippen LogP contribution in [-0.2, 0) is 21.5 Å². The predicted molar refractivity (Wildman–Crippen MR) is 96.3 cm³/mol. The van der Waals surface area contributed by atoms with Gasteiger partial charge in [-0.05, 0) is 43.5 Å². The molecule has 0 bridgehead atoms. The van der Waals surface area contributed by atoms with Gasteiger partial charge in [-0.15, -0.1) is 0 Å². The molecule has 0 N–H and O–H groups in total. The molecular weight excluding hydrogens is 386 g/mol. The Labute approximate surface area is 155 Å². The summed E-state index contributed by atoms with van der Waals surface area (Å²) in [6.07, 6.45) is 1.69. The van der Waals surface area contributed by atoms with E-state index in [1.165, 1.54) is 7.11 Å². The van der Waals surface area contributed by atoms with E-state index in [1.807, 2.05) is 24.3 Å². The quantitative estimate of drug-likeness (QED) is 0.709. The lowest BCUT2D eigenvalue weighted by atomic mass is 9.94. The SMILES string of the molecule is COC(=O)c1cc(CN(C)C(=O)C2(c3cccc(Br)c3)CC2)oc1C. The summed E-state index contributed by atoms with van der Waals surface area (Å²) in [5, 5.41) is 0. The molecule has 25 heavy (non-hydrogen) atoms. The number of hydrogen-bond acceptors (Lipinski definition) is 4. The monoisotopic (exact) mass is 405 g/mol. The zero-order valence-electron chi connectivity index (χ0n) is 14.5. The van der Waals surface area contributed by atoms with Crippen LogP contribution in [0.4, 0.5) is 0 Å². The molecule has 6 heteroatoms. The second kappa shape index (κ2) is 6.67. The Hall–Kier alpha value is -2.08. The molecule has 0 unspecified atom stereocenters. The zero-order valence-corrected chi connectivity index (χ0v) is 16.1. The summed E-state index contributed by atoms with van der Waals surface area (Å²) in [5.41, 5.74) is 0.988. The van der Waals surface area contributed by atoms with E-state index in [9.17, 15) is 9.59 Å². The van der Waals surface area contributed by atoms with Crippen LogP contribution in [0, 0.1) is 6.92 Å². The smallest absolute Gasteiger partial charge is 0.341 e. The van der Waals surface area contributed by atoms with Crippen LogP contribution in [0.1, 0.15) is 40.3 Å². The molecule has 132 valence electrons. The molecule has 1 heterocycles. The van der Waals surface area contributed by atoms with Crippen molar-refractivity contribution in [1.82, 2.24) is 4.90 Å². The molecule has 1 aliphatic rings. The largest absolute Gasteiger partial charge is 0.465 e. The lowest BCUT2D eigenvalue weighted by Gasteiger charge is -2.23. The summed E-state index contributed by atoms with van der Waals surface area (Å²) in [6, 6.07) is 9.55. The van der Waals surface area contributed by atoms with E-state index >= 15 is 0 Å². The van der Waals surface area contributed by atoms with E-state index in [0.717, 1.165) is 22.9 Å². The van der Waals surface area contributed by atoms with Crippen molar-refractivity contribution in [2.45, 2.75) is 31.7 Å². The van der Waals surface area contributed by atoms with Crippen LogP contribution in [0.3, 0.4) is 0 Å². The van der Waals surface area contributed by atoms with Crippen LogP contribution < -0.4 is 0 Å². The molecule has 0 spiro atoms. The number of amides is 1. The van der Waals surface area contributed by atoms with Gasteiger partial charge in [-0.25, -0.2) is 4.79 Å². The number of benzene rings is 1. The molecule has 0 saturated heterocycles. The van der Waals surface area contributed by atoms with E-state index in [-0.39, 0.29) is 5.91 Å².